The van der Waals surface area contributed by atoms with Gasteiger partial charge in [-0.2, -0.15) is 0 Å². The highest BCUT2D eigenvalue weighted by atomic mass is 32.1. The van der Waals surface area contributed by atoms with Crippen molar-refractivity contribution in [1.29, 1.82) is 0 Å². The Balaban J connectivity index is 2.30. The summed E-state index contributed by atoms with van der Waals surface area (Å²) in [7, 11) is 1.60. The number of aromatic nitrogens is 1. The molecule has 0 amide bonds. The second kappa shape index (κ2) is 4.67. The SMILES string of the molecule is COc1ccc(C(=O)c2nc(C)c(C)s2)cc1. The molecular formula is C13H13NO2S. The molecule has 0 fully saturated rings. The number of carbonyl (C=O) groups is 1. The lowest BCUT2D eigenvalue weighted by molar-refractivity contribution is 0.103. The van der Waals surface area contributed by atoms with Crippen LogP contribution in [0.25, 0.3) is 0 Å². The van der Waals surface area contributed by atoms with E-state index in [1.807, 2.05) is 13.8 Å². The second-order valence-electron chi connectivity index (χ2n) is 3.72. The lowest BCUT2D eigenvalue weighted by Gasteiger charge is -2.00. The monoisotopic (exact) mass is 247 g/mol. The molecule has 88 valence electrons. The van der Waals surface area contributed by atoms with Gasteiger partial charge < -0.3 is 4.74 Å². The first kappa shape index (κ1) is 11.8. The largest absolute Gasteiger partial charge is 0.497 e. The fourth-order valence-electron chi connectivity index (χ4n) is 1.44. The molecule has 1 heterocycles. The molecular weight excluding hydrogens is 234 g/mol. The molecule has 0 radical (unpaired) electrons. The Bertz CT molecular complexity index is 524. The van der Waals surface area contributed by atoms with Crippen LogP contribution in [0.5, 0.6) is 5.75 Å². The predicted octanol–water partition coefficient (Wildman–Crippen LogP) is 3.00. The smallest absolute Gasteiger partial charge is 0.221 e. The molecule has 0 aliphatic heterocycles. The number of ether oxygens (including phenoxy) is 1. The average molecular weight is 247 g/mol. The number of carbonyl (C=O) groups excluding carboxylic acids is 1. The Labute approximate surface area is 104 Å². The van der Waals surface area contributed by atoms with E-state index in [0.29, 0.717) is 10.6 Å². The maximum absolute atomic E-state index is 12.1. The van der Waals surface area contributed by atoms with Gasteiger partial charge in [-0.1, -0.05) is 0 Å². The van der Waals surface area contributed by atoms with Crippen LogP contribution in [0.2, 0.25) is 0 Å². The van der Waals surface area contributed by atoms with E-state index in [-0.39, 0.29) is 5.78 Å². The predicted molar refractivity (Wildman–Crippen MR) is 68.0 cm³/mol. The maximum atomic E-state index is 12.1. The van der Waals surface area contributed by atoms with Gasteiger partial charge in [0.1, 0.15) is 5.75 Å². The summed E-state index contributed by atoms with van der Waals surface area (Å²) in [6, 6.07) is 7.07. The highest BCUT2D eigenvalue weighted by Gasteiger charge is 2.14. The highest BCUT2D eigenvalue weighted by molar-refractivity contribution is 7.13. The van der Waals surface area contributed by atoms with Gasteiger partial charge in [0.15, 0.2) is 5.01 Å². The van der Waals surface area contributed by atoms with Crippen molar-refractivity contribution in [3.8, 4) is 5.75 Å². The van der Waals surface area contributed by atoms with E-state index >= 15 is 0 Å². The van der Waals surface area contributed by atoms with Gasteiger partial charge in [0.2, 0.25) is 5.78 Å². The minimum atomic E-state index is -0.0335. The van der Waals surface area contributed by atoms with Gasteiger partial charge in [0.25, 0.3) is 0 Å². The third-order valence-corrected chi connectivity index (χ3v) is 3.65. The second-order valence-corrected chi connectivity index (χ2v) is 4.92. The molecule has 0 saturated heterocycles. The fourth-order valence-corrected chi connectivity index (χ4v) is 2.31. The number of thiazole rings is 1. The van der Waals surface area contributed by atoms with Crippen molar-refractivity contribution < 1.29 is 9.53 Å². The van der Waals surface area contributed by atoms with Gasteiger partial charge in [-0.15, -0.1) is 11.3 Å². The van der Waals surface area contributed by atoms with Crippen LogP contribution >= 0.6 is 11.3 Å². The number of hydrogen-bond acceptors (Lipinski definition) is 4. The fraction of sp³-hybridized carbons (Fsp3) is 0.231. The quantitative estimate of drug-likeness (QED) is 0.783. The molecule has 0 atom stereocenters. The molecule has 0 aliphatic carbocycles. The van der Waals surface area contributed by atoms with Gasteiger partial charge >= 0.3 is 0 Å². The lowest BCUT2D eigenvalue weighted by atomic mass is 10.1. The topological polar surface area (TPSA) is 39.2 Å². The van der Waals surface area contributed by atoms with E-state index in [0.717, 1.165) is 16.3 Å². The van der Waals surface area contributed by atoms with Crippen LogP contribution in [0.15, 0.2) is 24.3 Å². The number of rotatable bonds is 3. The van der Waals surface area contributed by atoms with Gasteiger partial charge in [0, 0.05) is 10.4 Å². The minimum Gasteiger partial charge on any atom is -0.497 e. The first-order chi connectivity index (χ1) is 8.11. The van der Waals surface area contributed by atoms with Gasteiger partial charge in [-0.3, -0.25) is 4.79 Å². The van der Waals surface area contributed by atoms with E-state index < -0.39 is 0 Å². The molecule has 1 aromatic carbocycles. The molecule has 0 aliphatic rings. The van der Waals surface area contributed by atoms with Gasteiger partial charge in [-0.05, 0) is 38.1 Å². The number of aryl methyl sites for hydroxylation is 2. The van der Waals surface area contributed by atoms with Crippen LogP contribution in [0.1, 0.15) is 25.9 Å². The molecule has 17 heavy (non-hydrogen) atoms. The van der Waals surface area contributed by atoms with Crippen molar-refractivity contribution in [2.45, 2.75) is 13.8 Å². The highest BCUT2D eigenvalue weighted by Crippen LogP contribution is 2.20. The van der Waals surface area contributed by atoms with E-state index in [2.05, 4.69) is 4.98 Å². The van der Waals surface area contributed by atoms with Crippen molar-refractivity contribution in [1.82, 2.24) is 4.98 Å². The van der Waals surface area contributed by atoms with Crippen molar-refractivity contribution >= 4 is 17.1 Å². The third kappa shape index (κ3) is 2.36. The molecule has 0 N–H and O–H groups in total. The number of hydrogen-bond donors (Lipinski definition) is 0. The van der Waals surface area contributed by atoms with Crippen LogP contribution in [0, 0.1) is 13.8 Å². The lowest BCUT2D eigenvalue weighted by Crippen LogP contribution is -2.00. The Morgan fingerprint density at radius 1 is 1.24 bits per heavy atom. The van der Waals surface area contributed by atoms with Crippen molar-refractivity contribution in [2.75, 3.05) is 7.11 Å². The zero-order valence-corrected chi connectivity index (χ0v) is 10.8. The number of benzene rings is 1. The average Bonchev–Trinajstić information content (AvgIpc) is 2.69. The molecule has 0 bridgehead atoms. The summed E-state index contributed by atoms with van der Waals surface area (Å²) in [5.74, 6) is 0.710. The normalized spacial score (nSPS) is 10.3. The van der Waals surface area contributed by atoms with Gasteiger partial charge in [0.05, 0.1) is 12.8 Å². The van der Waals surface area contributed by atoms with Crippen LogP contribution in [0.4, 0.5) is 0 Å². The van der Waals surface area contributed by atoms with E-state index in [1.54, 1.807) is 31.4 Å². The molecule has 1 aromatic heterocycles. The first-order valence-corrected chi connectivity index (χ1v) is 6.06. The van der Waals surface area contributed by atoms with Gasteiger partial charge in [-0.25, -0.2) is 4.98 Å². The summed E-state index contributed by atoms with van der Waals surface area (Å²) in [6.07, 6.45) is 0. The number of ketones is 1. The maximum Gasteiger partial charge on any atom is 0.221 e. The molecule has 4 heteroatoms. The standard InChI is InChI=1S/C13H13NO2S/c1-8-9(2)17-13(14-8)12(15)10-4-6-11(16-3)7-5-10/h4-7H,1-3H3. The summed E-state index contributed by atoms with van der Waals surface area (Å²) in [5, 5.41) is 0.546. The number of nitrogens with zero attached hydrogens (tertiary/aromatic N) is 1. The van der Waals surface area contributed by atoms with Crippen LogP contribution in [0.3, 0.4) is 0 Å². The molecule has 0 unspecified atom stereocenters. The summed E-state index contributed by atoms with van der Waals surface area (Å²) < 4.78 is 5.05. The van der Waals surface area contributed by atoms with Crippen molar-refractivity contribution in [3.05, 3.63) is 45.4 Å². The molecule has 0 spiro atoms. The third-order valence-electron chi connectivity index (χ3n) is 2.57. The minimum absolute atomic E-state index is 0.0335. The van der Waals surface area contributed by atoms with Crippen LogP contribution in [-0.4, -0.2) is 17.9 Å². The first-order valence-electron chi connectivity index (χ1n) is 5.24. The van der Waals surface area contributed by atoms with Crippen LogP contribution < -0.4 is 4.74 Å². The Morgan fingerprint density at radius 2 is 1.88 bits per heavy atom. The molecule has 3 nitrogen and oxygen atoms in total. The van der Waals surface area contributed by atoms with E-state index in [1.165, 1.54) is 11.3 Å². The van der Waals surface area contributed by atoms with E-state index in [4.69, 9.17) is 4.74 Å². The summed E-state index contributed by atoms with van der Waals surface area (Å²) in [5.41, 5.74) is 1.56. The Morgan fingerprint density at radius 3 is 2.35 bits per heavy atom. The van der Waals surface area contributed by atoms with Crippen LogP contribution in [-0.2, 0) is 0 Å². The molecule has 2 aromatic rings. The molecule has 2 rings (SSSR count). The zero-order chi connectivity index (χ0) is 12.4. The van der Waals surface area contributed by atoms with Crippen molar-refractivity contribution in [3.63, 3.8) is 0 Å². The van der Waals surface area contributed by atoms with E-state index in [9.17, 15) is 4.79 Å². The van der Waals surface area contributed by atoms with Crippen molar-refractivity contribution in [2.24, 2.45) is 0 Å². The summed E-state index contributed by atoms with van der Waals surface area (Å²) >= 11 is 1.44. The molecule has 0 saturated carbocycles. The zero-order valence-electron chi connectivity index (χ0n) is 9.98. The number of methoxy groups -OCH3 is 1. The summed E-state index contributed by atoms with van der Waals surface area (Å²) in [4.78, 5) is 17.5. The Kier molecular flexibility index (Phi) is 3.24. The Hall–Kier alpha value is -1.68. The summed E-state index contributed by atoms with van der Waals surface area (Å²) in [6.45, 7) is 3.88.